The molecule has 3 N–H and O–H groups in total. The van der Waals surface area contributed by atoms with Crippen LogP contribution >= 0.6 is 0 Å². The lowest BCUT2D eigenvalue weighted by Crippen LogP contribution is -2.38. The maximum absolute atomic E-state index is 12.4. The minimum absolute atomic E-state index is 0.194. The number of hydrogen-bond acceptors (Lipinski definition) is 8. The third-order valence-electron chi connectivity index (χ3n) is 6.29. The van der Waals surface area contributed by atoms with Crippen molar-refractivity contribution in [1.82, 2.24) is 25.2 Å². The summed E-state index contributed by atoms with van der Waals surface area (Å²) < 4.78 is 16.6. The number of aromatic amines is 1. The third kappa shape index (κ3) is 7.01. The Kier molecular flexibility index (Phi) is 7.89. The number of amides is 2. The zero-order valence-electron chi connectivity index (χ0n) is 22.4. The Hall–Kier alpha value is -4.22. The summed E-state index contributed by atoms with van der Waals surface area (Å²) >= 11 is 0. The molecule has 0 aliphatic carbocycles. The quantitative estimate of drug-likeness (QED) is 0.296. The highest BCUT2D eigenvalue weighted by molar-refractivity contribution is 5.99. The van der Waals surface area contributed by atoms with E-state index in [1.807, 2.05) is 57.2 Å². The van der Waals surface area contributed by atoms with Gasteiger partial charge in [-0.15, -0.1) is 0 Å². The van der Waals surface area contributed by atoms with Gasteiger partial charge in [-0.25, -0.2) is 9.78 Å². The number of aromatic nitrogens is 4. The number of hydrogen-bond donors (Lipinski definition) is 3. The summed E-state index contributed by atoms with van der Waals surface area (Å²) in [5, 5.41) is 16.7. The summed E-state index contributed by atoms with van der Waals surface area (Å²) in [6.45, 7) is 11.0. The van der Waals surface area contributed by atoms with Crippen LogP contribution in [0.4, 0.5) is 16.3 Å². The molecule has 11 heteroatoms. The molecule has 2 aromatic heterocycles. The van der Waals surface area contributed by atoms with Gasteiger partial charge in [0.25, 0.3) is 0 Å². The van der Waals surface area contributed by atoms with Gasteiger partial charge in [-0.1, -0.05) is 25.9 Å². The average Bonchev–Trinajstić information content (AvgIpc) is 3.61. The molecule has 0 saturated carbocycles. The van der Waals surface area contributed by atoms with Crippen LogP contribution in [0.3, 0.4) is 0 Å². The van der Waals surface area contributed by atoms with Gasteiger partial charge in [-0.05, 0) is 48.5 Å². The van der Waals surface area contributed by atoms with Gasteiger partial charge in [-0.3, -0.25) is 15.3 Å². The Morgan fingerprint density at radius 2 is 1.74 bits per heavy atom. The number of benzene rings is 2. The predicted molar refractivity (Wildman–Crippen MR) is 148 cm³/mol. The van der Waals surface area contributed by atoms with Crippen molar-refractivity contribution >= 4 is 17.5 Å². The summed E-state index contributed by atoms with van der Waals surface area (Å²) in [6.07, 6.45) is 0. The maximum Gasteiger partial charge on any atom is 0.324 e. The van der Waals surface area contributed by atoms with E-state index in [2.05, 4.69) is 35.9 Å². The molecule has 1 fully saturated rings. The van der Waals surface area contributed by atoms with Gasteiger partial charge >= 0.3 is 6.03 Å². The van der Waals surface area contributed by atoms with Crippen LogP contribution in [-0.4, -0.2) is 70.7 Å². The number of H-pyrrole nitrogens is 1. The molecule has 0 atom stereocenters. The number of morpholine rings is 1. The number of carbonyl (C=O) groups excluding carboxylic acids is 1. The van der Waals surface area contributed by atoms with Gasteiger partial charge < -0.3 is 19.3 Å². The van der Waals surface area contributed by atoms with E-state index in [4.69, 9.17) is 14.0 Å². The molecule has 39 heavy (non-hydrogen) atoms. The number of anilines is 2. The van der Waals surface area contributed by atoms with E-state index in [9.17, 15) is 4.79 Å². The van der Waals surface area contributed by atoms with Gasteiger partial charge in [0.15, 0.2) is 17.5 Å². The first-order valence-corrected chi connectivity index (χ1v) is 12.9. The summed E-state index contributed by atoms with van der Waals surface area (Å²) in [7, 11) is 0. The summed E-state index contributed by atoms with van der Waals surface area (Å²) in [6, 6.07) is 16.4. The van der Waals surface area contributed by atoms with E-state index in [0.717, 1.165) is 49.7 Å². The lowest BCUT2D eigenvalue weighted by atomic mass is 9.93. The van der Waals surface area contributed by atoms with Crippen LogP contribution in [0, 0.1) is 0 Å². The standard InChI is InChI=1S/C28H33N7O4/c1-28(2,3)23-18-24(34-39-23)30-27(36)29-21-8-4-19(5-9-21)25-31-26(33-32-25)20-6-10-22(11-7-20)38-17-14-35-12-15-37-16-13-35/h4-11,18H,12-17H2,1-3H3,(H,31,32,33)(H2,29,30,34,36). The van der Waals surface area contributed by atoms with Crippen LogP contribution in [0.2, 0.25) is 0 Å². The van der Waals surface area contributed by atoms with Gasteiger partial charge in [0, 0.05) is 47.9 Å². The Morgan fingerprint density at radius 3 is 2.44 bits per heavy atom. The molecule has 1 aliphatic heterocycles. The van der Waals surface area contributed by atoms with Gasteiger partial charge in [0.1, 0.15) is 18.1 Å². The topological polar surface area (TPSA) is 130 Å². The molecule has 0 spiro atoms. The maximum atomic E-state index is 12.4. The zero-order valence-corrected chi connectivity index (χ0v) is 22.4. The fraction of sp³-hybridized carbons (Fsp3) is 0.357. The van der Waals surface area contributed by atoms with Crippen molar-refractivity contribution in [3.05, 3.63) is 60.4 Å². The van der Waals surface area contributed by atoms with Crippen molar-refractivity contribution in [2.45, 2.75) is 26.2 Å². The number of rotatable bonds is 8. The lowest BCUT2D eigenvalue weighted by Gasteiger charge is -2.26. The van der Waals surface area contributed by atoms with Crippen LogP contribution in [0.15, 0.2) is 59.1 Å². The smallest absolute Gasteiger partial charge is 0.324 e. The van der Waals surface area contributed by atoms with E-state index < -0.39 is 6.03 Å². The van der Waals surface area contributed by atoms with Crippen molar-refractivity contribution in [2.24, 2.45) is 0 Å². The predicted octanol–water partition coefficient (Wildman–Crippen LogP) is 4.78. The van der Waals surface area contributed by atoms with Crippen LogP contribution in [0.5, 0.6) is 5.75 Å². The molecule has 0 bridgehead atoms. The first-order valence-electron chi connectivity index (χ1n) is 12.9. The van der Waals surface area contributed by atoms with Crippen LogP contribution in [-0.2, 0) is 10.2 Å². The minimum Gasteiger partial charge on any atom is -0.492 e. The summed E-state index contributed by atoms with van der Waals surface area (Å²) in [4.78, 5) is 19.3. The van der Waals surface area contributed by atoms with Crippen molar-refractivity contribution in [3.63, 3.8) is 0 Å². The Labute approximate surface area is 226 Å². The highest BCUT2D eigenvalue weighted by Crippen LogP contribution is 2.25. The molecule has 3 heterocycles. The van der Waals surface area contributed by atoms with Crippen molar-refractivity contribution in [3.8, 4) is 28.5 Å². The number of ether oxygens (including phenoxy) is 2. The molecule has 0 unspecified atom stereocenters. The molecule has 1 aliphatic rings. The Morgan fingerprint density at radius 1 is 1.03 bits per heavy atom. The fourth-order valence-electron chi connectivity index (χ4n) is 4.02. The van der Waals surface area contributed by atoms with Gasteiger partial charge in [0.2, 0.25) is 0 Å². The lowest BCUT2D eigenvalue weighted by molar-refractivity contribution is 0.0322. The molecule has 204 valence electrons. The van der Waals surface area contributed by atoms with Crippen molar-refractivity contribution in [2.75, 3.05) is 50.1 Å². The number of nitrogens with zero attached hydrogens (tertiary/aromatic N) is 4. The van der Waals surface area contributed by atoms with Crippen LogP contribution in [0.25, 0.3) is 22.8 Å². The SMILES string of the molecule is CC(C)(C)c1cc(NC(=O)Nc2ccc(-c3nc(-c4ccc(OCCN5CCOCC5)cc4)n[nH]3)cc2)no1. The molecule has 1 saturated heterocycles. The zero-order chi connectivity index (χ0) is 27.2. The van der Waals surface area contributed by atoms with Gasteiger partial charge in [-0.2, -0.15) is 5.10 Å². The first kappa shape index (κ1) is 26.4. The number of carbonyl (C=O) groups is 1. The van der Waals surface area contributed by atoms with E-state index in [-0.39, 0.29) is 5.41 Å². The first-order chi connectivity index (χ1) is 18.8. The highest BCUT2D eigenvalue weighted by Gasteiger charge is 2.20. The van der Waals surface area contributed by atoms with Crippen molar-refractivity contribution < 1.29 is 18.8 Å². The number of urea groups is 1. The van der Waals surface area contributed by atoms with E-state index in [0.29, 0.717) is 35.5 Å². The Bertz CT molecular complexity index is 1370. The molecule has 0 radical (unpaired) electrons. The number of nitrogens with one attached hydrogen (secondary N) is 3. The van der Waals surface area contributed by atoms with Crippen LogP contribution < -0.4 is 15.4 Å². The summed E-state index contributed by atoms with van der Waals surface area (Å²) in [5.74, 6) is 3.08. The molecule has 4 aromatic rings. The van der Waals surface area contributed by atoms with E-state index in [1.54, 1.807) is 18.2 Å². The summed E-state index contributed by atoms with van der Waals surface area (Å²) in [5.41, 5.74) is 2.16. The monoisotopic (exact) mass is 531 g/mol. The van der Waals surface area contributed by atoms with E-state index in [1.165, 1.54) is 0 Å². The minimum atomic E-state index is -0.410. The van der Waals surface area contributed by atoms with Crippen LogP contribution in [0.1, 0.15) is 26.5 Å². The normalized spacial score (nSPS) is 14.2. The molecule has 2 aromatic carbocycles. The highest BCUT2D eigenvalue weighted by atomic mass is 16.5. The molecule has 11 nitrogen and oxygen atoms in total. The Balaban J connectivity index is 1.13. The van der Waals surface area contributed by atoms with E-state index >= 15 is 0 Å². The molecular formula is C28H33N7O4. The molecule has 5 rings (SSSR count). The fourth-order valence-corrected chi connectivity index (χ4v) is 4.02. The third-order valence-corrected chi connectivity index (χ3v) is 6.29. The second-order valence-electron chi connectivity index (χ2n) is 10.3. The molecular weight excluding hydrogens is 498 g/mol. The second-order valence-corrected chi connectivity index (χ2v) is 10.3. The van der Waals surface area contributed by atoms with Crippen molar-refractivity contribution in [1.29, 1.82) is 0 Å². The second kappa shape index (κ2) is 11.7. The van der Waals surface area contributed by atoms with Gasteiger partial charge in [0.05, 0.1) is 13.2 Å². The molecule has 2 amide bonds. The largest absolute Gasteiger partial charge is 0.492 e. The average molecular weight is 532 g/mol.